The maximum Gasteiger partial charge on any atom is 0.247 e. The summed E-state index contributed by atoms with van der Waals surface area (Å²) in [5, 5.41) is 0. The second-order valence-corrected chi connectivity index (χ2v) is 2.84. The minimum absolute atomic E-state index is 0.138. The van der Waals surface area contributed by atoms with Gasteiger partial charge >= 0.3 is 0 Å². The van der Waals surface area contributed by atoms with E-state index in [1.54, 1.807) is 6.92 Å². The van der Waals surface area contributed by atoms with E-state index < -0.39 is 0 Å². The van der Waals surface area contributed by atoms with Crippen molar-refractivity contribution in [3.05, 3.63) is 0 Å². The van der Waals surface area contributed by atoms with Gasteiger partial charge in [0.05, 0.1) is 4.71 Å². The first-order chi connectivity index (χ1) is 3.27. The molecule has 40 valence electrons. The number of isocyanates is 1. The molecule has 0 aliphatic heterocycles. The highest BCUT2D eigenvalue weighted by atomic mass is 35.5. The lowest BCUT2D eigenvalue weighted by molar-refractivity contribution is 0.566. The number of carbonyl (C=O) groups excluding carboxylic acids is 1. The molecule has 0 radical (unpaired) electrons. The monoisotopic (exact) mass is 137 g/mol. The molecule has 0 fully saturated rings. The fraction of sp³-hybridized carbons (Fsp3) is 0.667. The van der Waals surface area contributed by atoms with Crippen molar-refractivity contribution in [3.8, 4) is 0 Å². The number of hydrogen-bond acceptors (Lipinski definition) is 3. The van der Waals surface area contributed by atoms with E-state index in [-0.39, 0.29) is 4.71 Å². The molecule has 0 amide bonds. The molecule has 0 saturated heterocycles. The van der Waals surface area contributed by atoms with E-state index in [9.17, 15) is 4.79 Å². The summed E-state index contributed by atoms with van der Waals surface area (Å²) < 4.78 is 3.01. The SMILES string of the molecule is CC(Cl)SN=C=O. The van der Waals surface area contributed by atoms with Crippen LogP contribution in [0.3, 0.4) is 0 Å². The fourth-order valence-corrected chi connectivity index (χ4v) is 0.402. The zero-order valence-electron chi connectivity index (χ0n) is 3.72. The number of hydrogen-bond donors (Lipinski definition) is 0. The average Bonchev–Trinajstić information content (AvgIpc) is 1.61. The van der Waals surface area contributed by atoms with Crippen molar-refractivity contribution in [2.45, 2.75) is 11.6 Å². The normalized spacial score (nSPS) is 12.3. The van der Waals surface area contributed by atoms with Crippen molar-refractivity contribution in [2.75, 3.05) is 0 Å². The zero-order chi connectivity index (χ0) is 5.70. The molecule has 1 unspecified atom stereocenters. The van der Waals surface area contributed by atoms with Crippen molar-refractivity contribution in [3.63, 3.8) is 0 Å². The lowest BCUT2D eigenvalue weighted by atomic mass is 11.0. The topological polar surface area (TPSA) is 29.4 Å². The lowest BCUT2D eigenvalue weighted by Crippen LogP contribution is -1.73. The fourth-order valence-electron chi connectivity index (χ4n) is 0.0941. The molecule has 4 heteroatoms. The molecule has 7 heavy (non-hydrogen) atoms. The molecule has 0 saturated carbocycles. The summed E-state index contributed by atoms with van der Waals surface area (Å²) in [7, 11) is 0. The molecule has 0 heterocycles. The molecule has 0 N–H and O–H groups in total. The lowest BCUT2D eigenvalue weighted by Gasteiger charge is -1.86. The van der Waals surface area contributed by atoms with Crippen LogP contribution in [0.15, 0.2) is 4.40 Å². The van der Waals surface area contributed by atoms with Gasteiger partial charge in [-0.15, -0.1) is 16.0 Å². The van der Waals surface area contributed by atoms with E-state index in [4.69, 9.17) is 11.6 Å². The Morgan fingerprint density at radius 2 is 2.57 bits per heavy atom. The molecule has 0 aliphatic carbocycles. The van der Waals surface area contributed by atoms with E-state index in [0.717, 1.165) is 11.9 Å². The molecule has 0 aromatic rings. The largest absolute Gasteiger partial charge is 0.247 e. The van der Waals surface area contributed by atoms with E-state index in [2.05, 4.69) is 4.40 Å². The number of nitrogens with zero attached hydrogens (tertiary/aromatic N) is 1. The Morgan fingerprint density at radius 1 is 2.00 bits per heavy atom. The van der Waals surface area contributed by atoms with E-state index in [0.29, 0.717) is 0 Å². The summed E-state index contributed by atoms with van der Waals surface area (Å²) in [5.74, 6) is 0. The third kappa shape index (κ3) is 6.02. The van der Waals surface area contributed by atoms with Crippen LogP contribution in [-0.2, 0) is 4.79 Å². The van der Waals surface area contributed by atoms with E-state index >= 15 is 0 Å². The van der Waals surface area contributed by atoms with Gasteiger partial charge in [0, 0.05) is 11.9 Å². The van der Waals surface area contributed by atoms with Gasteiger partial charge in [0.15, 0.2) is 0 Å². The number of halogens is 1. The Balaban J connectivity index is 3.13. The highest BCUT2D eigenvalue weighted by Crippen LogP contribution is 2.12. The Hall–Kier alpha value is 0.0200. The van der Waals surface area contributed by atoms with Crippen LogP contribution in [-0.4, -0.2) is 10.8 Å². The minimum Gasteiger partial charge on any atom is -0.210 e. The third-order valence-corrected chi connectivity index (χ3v) is 0.945. The molecule has 0 aromatic carbocycles. The first kappa shape index (κ1) is 7.02. The molecular weight excluding hydrogens is 134 g/mol. The average molecular weight is 138 g/mol. The van der Waals surface area contributed by atoms with E-state index in [1.807, 2.05) is 0 Å². The van der Waals surface area contributed by atoms with Crippen LogP contribution in [0.5, 0.6) is 0 Å². The van der Waals surface area contributed by atoms with Crippen LogP contribution < -0.4 is 0 Å². The number of rotatable bonds is 2. The first-order valence-electron chi connectivity index (χ1n) is 1.64. The molecule has 1 atom stereocenters. The predicted octanol–water partition coefficient (Wildman–Crippen LogP) is 1.56. The van der Waals surface area contributed by atoms with Crippen LogP contribution in [0, 0.1) is 0 Å². The smallest absolute Gasteiger partial charge is 0.210 e. The van der Waals surface area contributed by atoms with Gasteiger partial charge in [0.2, 0.25) is 6.08 Å². The molecule has 0 aliphatic rings. The second kappa shape index (κ2) is 4.19. The summed E-state index contributed by atoms with van der Waals surface area (Å²) in [4.78, 5) is 9.34. The Kier molecular flexibility index (Phi) is 4.20. The summed E-state index contributed by atoms with van der Waals surface area (Å²) >= 11 is 6.34. The highest BCUT2D eigenvalue weighted by Gasteiger charge is 1.90. The van der Waals surface area contributed by atoms with Gasteiger partial charge < -0.3 is 0 Å². The third-order valence-electron chi connectivity index (χ3n) is 0.235. The zero-order valence-corrected chi connectivity index (χ0v) is 5.29. The number of alkyl halides is 1. The van der Waals surface area contributed by atoms with Crippen LogP contribution in [0.2, 0.25) is 0 Å². The van der Waals surface area contributed by atoms with Crippen molar-refractivity contribution in [2.24, 2.45) is 4.40 Å². The molecule has 2 nitrogen and oxygen atoms in total. The van der Waals surface area contributed by atoms with Crippen molar-refractivity contribution < 1.29 is 4.79 Å². The van der Waals surface area contributed by atoms with Crippen molar-refractivity contribution in [1.82, 2.24) is 0 Å². The predicted molar refractivity (Wildman–Crippen MR) is 31.0 cm³/mol. The van der Waals surface area contributed by atoms with E-state index in [1.165, 1.54) is 6.08 Å². The van der Waals surface area contributed by atoms with Crippen LogP contribution in [0.25, 0.3) is 0 Å². The molecule has 0 aromatic heterocycles. The Labute approximate surface area is 51.1 Å². The second-order valence-electron chi connectivity index (χ2n) is 0.831. The maximum atomic E-state index is 9.34. The maximum absolute atomic E-state index is 9.34. The summed E-state index contributed by atoms with van der Waals surface area (Å²) in [6.45, 7) is 1.73. The van der Waals surface area contributed by atoms with Gasteiger partial charge in [-0.05, 0) is 6.92 Å². The molecule has 0 bridgehead atoms. The van der Waals surface area contributed by atoms with Gasteiger partial charge in [-0.25, -0.2) is 4.79 Å². The standard InChI is InChI=1S/C3H4ClNOS/c1-3(4)7-5-2-6/h3H,1H3. The summed E-state index contributed by atoms with van der Waals surface area (Å²) in [5.41, 5.74) is 0. The van der Waals surface area contributed by atoms with Gasteiger partial charge in [0.25, 0.3) is 0 Å². The van der Waals surface area contributed by atoms with Gasteiger partial charge in [-0.2, -0.15) is 0 Å². The Bertz CT molecular complexity index is 88.9. The van der Waals surface area contributed by atoms with Crippen molar-refractivity contribution in [1.29, 1.82) is 0 Å². The van der Waals surface area contributed by atoms with Gasteiger partial charge in [0.1, 0.15) is 0 Å². The minimum atomic E-state index is -0.138. The van der Waals surface area contributed by atoms with Crippen molar-refractivity contribution >= 4 is 29.6 Å². The molecule has 0 spiro atoms. The van der Waals surface area contributed by atoms with Crippen LogP contribution in [0.1, 0.15) is 6.92 Å². The first-order valence-corrected chi connectivity index (χ1v) is 2.91. The highest BCUT2D eigenvalue weighted by molar-refractivity contribution is 7.99. The van der Waals surface area contributed by atoms with Crippen LogP contribution >= 0.6 is 23.5 Å². The van der Waals surface area contributed by atoms with Gasteiger partial charge in [-0.3, -0.25) is 0 Å². The molecular formula is C3H4ClNOS. The van der Waals surface area contributed by atoms with Gasteiger partial charge in [-0.1, -0.05) is 0 Å². The Morgan fingerprint density at radius 3 is 2.71 bits per heavy atom. The summed E-state index contributed by atoms with van der Waals surface area (Å²) in [6.07, 6.45) is 1.35. The van der Waals surface area contributed by atoms with Crippen LogP contribution in [0.4, 0.5) is 0 Å². The molecule has 0 rings (SSSR count). The summed E-state index contributed by atoms with van der Waals surface area (Å²) in [6, 6.07) is 0. The quantitative estimate of drug-likeness (QED) is 0.250.